The summed E-state index contributed by atoms with van der Waals surface area (Å²) >= 11 is 3.42. The first kappa shape index (κ1) is 16.4. The summed E-state index contributed by atoms with van der Waals surface area (Å²) in [7, 11) is -3.00. The molecule has 0 radical (unpaired) electrons. The van der Waals surface area contributed by atoms with Gasteiger partial charge in [0.25, 0.3) is 0 Å². The molecule has 1 N–H and O–H groups in total. The predicted molar refractivity (Wildman–Crippen MR) is 79.7 cm³/mol. The van der Waals surface area contributed by atoms with Crippen molar-refractivity contribution in [2.24, 2.45) is 5.92 Å². The Morgan fingerprint density at radius 2 is 2.11 bits per heavy atom. The van der Waals surface area contributed by atoms with Crippen LogP contribution in [0.5, 0.6) is 0 Å². The molecule has 1 rings (SSSR count). The van der Waals surface area contributed by atoms with Crippen molar-refractivity contribution in [2.75, 3.05) is 37.8 Å². The predicted octanol–water partition coefficient (Wildman–Crippen LogP) is 1.81. The summed E-state index contributed by atoms with van der Waals surface area (Å²) in [5.74, 6) is 0.477. The standard InChI is InChI=1S/C12H25BrN2O2S/c1-18(16,17)15-9-5-6-12(11-15)10-14-8-4-2-3-7-13/h12,14H,2-11H2,1H3. The third-order valence-electron chi connectivity index (χ3n) is 3.37. The van der Waals surface area contributed by atoms with E-state index in [9.17, 15) is 8.42 Å². The summed E-state index contributed by atoms with van der Waals surface area (Å²) in [4.78, 5) is 0. The van der Waals surface area contributed by atoms with Gasteiger partial charge in [-0.25, -0.2) is 12.7 Å². The minimum Gasteiger partial charge on any atom is -0.316 e. The van der Waals surface area contributed by atoms with Gasteiger partial charge in [-0.2, -0.15) is 0 Å². The van der Waals surface area contributed by atoms with Gasteiger partial charge in [0, 0.05) is 18.4 Å². The molecule has 0 amide bonds. The van der Waals surface area contributed by atoms with Crippen molar-refractivity contribution >= 4 is 26.0 Å². The Morgan fingerprint density at radius 3 is 2.78 bits per heavy atom. The molecular formula is C12H25BrN2O2S. The maximum Gasteiger partial charge on any atom is 0.211 e. The average molecular weight is 341 g/mol. The number of rotatable bonds is 8. The molecule has 4 nitrogen and oxygen atoms in total. The number of hydrogen-bond acceptors (Lipinski definition) is 3. The third kappa shape index (κ3) is 6.50. The van der Waals surface area contributed by atoms with Gasteiger partial charge < -0.3 is 5.32 Å². The van der Waals surface area contributed by atoms with E-state index < -0.39 is 10.0 Å². The molecule has 0 aromatic rings. The fourth-order valence-corrected chi connectivity index (χ4v) is 3.66. The topological polar surface area (TPSA) is 49.4 Å². The van der Waals surface area contributed by atoms with E-state index in [-0.39, 0.29) is 0 Å². The van der Waals surface area contributed by atoms with Crippen LogP contribution < -0.4 is 5.32 Å². The highest BCUT2D eigenvalue weighted by atomic mass is 79.9. The van der Waals surface area contributed by atoms with Gasteiger partial charge in [0.1, 0.15) is 0 Å². The quantitative estimate of drug-likeness (QED) is 0.541. The largest absolute Gasteiger partial charge is 0.316 e. The van der Waals surface area contributed by atoms with Gasteiger partial charge in [0.05, 0.1) is 6.26 Å². The van der Waals surface area contributed by atoms with Crippen molar-refractivity contribution in [1.29, 1.82) is 0 Å². The van der Waals surface area contributed by atoms with Crippen molar-refractivity contribution in [2.45, 2.75) is 32.1 Å². The second kappa shape index (κ2) is 8.51. The molecule has 6 heteroatoms. The number of unbranched alkanes of at least 4 members (excludes halogenated alkanes) is 2. The molecule has 1 saturated heterocycles. The summed E-state index contributed by atoms with van der Waals surface area (Å²) in [6, 6.07) is 0. The minimum atomic E-state index is -3.00. The van der Waals surface area contributed by atoms with Gasteiger partial charge in [-0.3, -0.25) is 0 Å². The van der Waals surface area contributed by atoms with E-state index in [4.69, 9.17) is 0 Å². The normalized spacial score (nSPS) is 22.2. The average Bonchev–Trinajstić information content (AvgIpc) is 2.33. The van der Waals surface area contributed by atoms with Crippen LogP contribution in [0.4, 0.5) is 0 Å². The van der Waals surface area contributed by atoms with Crippen molar-refractivity contribution in [1.82, 2.24) is 9.62 Å². The van der Waals surface area contributed by atoms with E-state index in [0.717, 1.165) is 31.3 Å². The Bertz CT molecular complexity index is 322. The molecule has 0 saturated carbocycles. The van der Waals surface area contributed by atoms with E-state index >= 15 is 0 Å². The summed E-state index contributed by atoms with van der Waals surface area (Å²) in [6.07, 6.45) is 7.12. The molecule has 0 aromatic heterocycles. The van der Waals surface area contributed by atoms with Crippen molar-refractivity contribution in [3.8, 4) is 0 Å². The Balaban J connectivity index is 2.15. The number of hydrogen-bond donors (Lipinski definition) is 1. The molecule has 0 aromatic carbocycles. The zero-order chi connectivity index (χ0) is 13.4. The highest BCUT2D eigenvalue weighted by Crippen LogP contribution is 2.17. The Kier molecular flexibility index (Phi) is 7.75. The summed E-state index contributed by atoms with van der Waals surface area (Å²) in [5, 5.41) is 4.53. The lowest BCUT2D eigenvalue weighted by molar-refractivity contribution is 0.261. The molecule has 1 aliphatic rings. The second-order valence-electron chi connectivity index (χ2n) is 5.08. The minimum absolute atomic E-state index is 0.477. The van der Waals surface area contributed by atoms with Crippen LogP contribution in [0.3, 0.4) is 0 Å². The molecular weight excluding hydrogens is 316 g/mol. The molecule has 0 bridgehead atoms. The number of piperidine rings is 1. The molecule has 1 aliphatic heterocycles. The van der Waals surface area contributed by atoms with Gasteiger partial charge in [-0.15, -0.1) is 0 Å². The fourth-order valence-electron chi connectivity index (χ4n) is 2.32. The Hall–Kier alpha value is 0.350. The third-order valence-corrected chi connectivity index (χ3v) is 5.20. The van der Waals surface area contributed by atoms with Crippen LogP contribution >= 0.6 is 15.9 Å². The Morgan fingerprint density at radius 1 is 1.33 bits per heavy atom. The van der Waals surface area contributed by atoms with Crippen LogP contribution in [0.25, 0.3) is 0 Å². The van der Waals surface area contributed by atoms with E-state index in [0.29, 0.717) is 19.0 Å². The van der Waals surface area contributed by atoms with E-state index in [1.807, 2.05) is 0 Å². The number of nitrogens with one attached hydrogen (secondary N) is 1. The van der Waals surface area contributed by atoms with Crippen LogP contribution in [0, 0.1) is 5.92 Å². The molecule has 1 fully saturated rings. The lowest BCUT2D eigenvalue weighted by atomic mass is 10.00. The maximum absolute atomic E-state index is 11.5. The van der Waals surface area contributed by atoms with Crippen LogP contribution in [-0.4, -0.2) is 50.5 Å². The van der Waals surface area contributed by atoms with E-state index in [2.05, 4.69) is 21.2 Å². The summed E-state index contributed by atoms with van der Waals surface area (Å²) in [6.45, 7) is 3.37. The number of sulfonamides is 1. The van der Waals surface area contributed by atoms with Gasteiger partial charge in [-0.05, 0) is 44.7 Å². The number of nitrogens with zero attached hydrogens (tertiary/aromatic N) is 1. The SMILES string of the molecule is CS(=O)(=O)N1CCCC(CNCCCCCBr)C1. The lowest BCUT2D eigenvalue weighted by Crippen LogP contribution is -2.42. The van der Waals surface area contributed by atoms with Crippen molar-refractivity contribution in [3.63, 3.8) is 0 Å². The number of alkyl halides is 1. The summed E-state index contributed by atoms with van der Waals surface area (Å²) < 4.78 is 24.6. The first-order chi connectivity index (χ1) is 8.54. The fraction of sp³-hybridized carbons (Fsp3) is 1.00. The summed E-state index contributed by atoms with van der Waals surface area (Å²) in [5.41, 5.74) is 0. The first-order valence-corrected chi connectivity index (χ1v) is 9.73. The van der Waals surface area contributed by atoms with Crippen LogP contribution in [0.15, 0.2) is 0 Å². The van der Waals surface area contributed by atoms with Gasteiger partial charge in [0.2, 0.25) is 10.0 Å². The lowest BCUT2D eigenvalue weighted by Gasteiger charge is -2.31. The molecule has 1 unspecified atom stereocenters. The second-order valence-corrected chi connectivity index (χ2v) is 7.86. The zero-order valence-corrected chi connectivity index (χ0v) is 13.6. The maximum atomic E-state index is 11.5. The zero-order valence-electron chi connectivity index (χ0n) is 11.2. The molecule has 1 atom stereocenters. The van der Waals surface area contributed by atoms with Gasteiger partial charge >= 0.3 is 0 Å². The van der Waals surface area contributed by atoms with E-state index in [1.165, 1.54) is 25.5 Å². The molecule has 1 heterocycles. The van der Waals surface area contributed by atoms with Crippen LogP contribution in [0.2, 0.25) is 0 Å². The smallest absolute Gasteiger partial charge is 0.211 e. The Labute approximate surface area is 120 Å². The highest BCUT2D eigenvalue weighted by Gasteiger charge is 2.25. The van der Waals surface area contributed by atoms with E-state index in [1.54, 1.807) is 4.31 Å². The van der Waals surface area contributed by atoms with Crippen molar-refractivity contribution in [3.05, 3.63) is 0 Å². The van der Waals surface area contributed by atoms with Gasteiger partial charge in [-0.1, -0.05) is 22.4 Å². The monoisotopic (exact) mass is 340 g/mol. The molecule has 0 aliphatic carbocycles. The molecule has 108 valence electrons. The van der Waals surface area contributed by atoms with Crippen LogP contribution in [0.1, 0.15) is 32.1 Å². The highest BCUT2D eigenvalue weighted by molar-refractivity contribution is 9.09. The molecule has 18 heavy (non-hydrogen) atoms. The molecule has 0 spiro atoms. The number of halogens is 1. The van der Waals surface area contributed by atoms with Crippen LogP contribution in [-0.2, 0) is 10.0 Å². The van der Waals surface area contributed by atoms with Crippen molar-refractivity contribution < 1.29 is 8.42 Å². The first-order valence-electron chi connectivity index (χ1n) is 6.76. The van der Waals surface area contributed by atoms with Gasteiger partial charge in [0.15, 0.2) is 0 Å².